The number of hydrogen-bond acceptors (Lipinski definition) is 4. The van der Waals surface area contributed by atoms with Crippen molar-refractivity contribution < 1.29 is 14.6 Å². The lowest BCUT2D eigenvalue weighted by molar-refractivity contribution is 0.408. The minimum atomic E-state index is 0.0983. The van der Waals surface area contributed by atoms with Crippen molar-refractivity contribution in [3.63, 3.8) is 0 Å². The Morgan fingerprint density at radius 1 is 0.706 bits per heavy atom. The molecule has 3 heterocycles. The van der Waals surface area contributed by atoms with E-state index in [1.165, 1.54) is 35.3 Å². The average Bonchev–Trinajstić information content (AvgIpc) is 2.86. The van der Waals surface area contributed by atoms with Crippen molar-refractivity contribution >= 4 is 11.4 Å². The molecule has 0 aromatic heterocycles. The lowest BCUT2D eigenvalue weighted by Gasteiger charge is -2.44. The van der Waals surface area contributed by atoms with Crippen LogP contribution in [0.3, 0.4) is 0 Å². The fourth-order valence-electron chi connectivity index (χ4n) is 5.72. The molecular weight excluding hydrogens is 422 g/mol. The Bertz CT molecular complexity index is 1440. The SMILES string of the molecule is CCCCCN1c2cccc3c2C2c4c(cccc4Oc4cc(-c5ccc(O)cc5)cc1c42)O3. The molecule has 3 aliphatic rings. The molecular formula is C30H25NO3. The van der Waals surface area contributed by atoms with Crippen LogP contribution in [0.5, 0.6) is 28.7 Å². The van der Waals surface area contributed by atoms with Crippen LogP contribution >= 0.6 is 0 Å². The largest absolute Gasteiger partial charge is 0.508 e. The standard InChI is InChI=1S/C30H25NO3/c1-2-3-4-15-31-21-7-5-8-23-27(21)30-28-22(31)16-19(18-11-13-20(32)14-12-18)17-26(28)34-25-10-6-9-24(33-23)29(25)30/h5-14,16-17,30,32H,2-4,15H2,1H3. The van der Waals surface area contributed by atoms with E-state index >= 15 is 0 Å². The van der Waals surface area contributed by atoms with Gasteiger partial charge in [-0.2, -0.15) is 0 Å². The maximum absolute atomic E-state index is 9.81. The zero-order chi connectivity index (χ0) is 22.8. The summed E-state index contributed by atoms with van der Waals surface area (Å²) in [7, 11) is 0. The fourth-order valence-corrected chi connectivity index (χ4v) is 5.72. The lowest BCUT2D eigenvalue weighted by Crippen LogP contribution is -2.30. The van der Waals surface area contributed by atoms with Crippen LogP contribution in [-0.2, 0) is 0 Å². The molecule has 4 nitrogen and oxygen atoms in total. The highest BCUT2D eigenvalue weighted by molar-refractivity contribution is 5.88. The monoisotopic (exact) mass is 447 g/mol. The van der Waals surface area contributed by atoms with E-state index in [9.17, 15) is 5.11 Å². The van der Waals surface area contributed by atoms with Gasteiger partial charge in [0.15, 0.2) is 0 Å². The molecule has 0 radical (unpaired) electrons. The van der Waals surface area contributed by atoms with E-state index in [2.05, 4.69) is 42.2 Å². The summed E-state index contributed by atoms with van der Waals surface area (Å²) in [4.78, 5) is 2.46. The van der Waals surface area contributed by atoms with E-state index in [0.717, 1.165) is 52.7 Å². The van der Waals surface area contributed by atoms with Crippen molar-refractivity contribution in [1.82, 2.24) is 0 Å². The molecule has 1 unspecified atom stereocenters. The van der Waals surface area contributed by atoms with Gasteiger partial charge in [-0.1, -0.05) is 44.0 Å². The molecule has 0 bridgehead atoms. The summed E-state index contributed by atoms with van der Waals surface area (Å²) in [6.45, 7) is 3.18. The third-order valence-corrected chi connectivity index (χ3v) is 7.26. The van der Waals surface area contributed by atoms with E-state index in [0.29, 0.717) is 0 Å². The summed E-state index contributed by atoms with van der Waals surface area (Å²) in [5, 5.41) is 9.81. The van der Waals surface area contributed by atoms with Crippen LogP contribution in [0.25, 0.3) is 11.1 Å². The Labute approximate surface area is 199 Å². The van der Waals surface area contributed by atoms with Gasteiger partial charge in [-0.15, -0.1) is 0 Å². The summed E-state index contributed by atoms with van der Waals surface area (Å²) in [6, 6.07) is 24.3. The number of aromatic hydroxyl groups is 1. The first-order chi connectivity index (χ1) is 16.7. The van der Waals surface area contributed by atoms with Crippen molar-refractivity contribution in [1.29, 1.82) is 0 Å². The maximum Gasteiger partial charge on any atom is 0.135 e. The molecule has 1 atom stereocenters. The molecule has 4 heteroatoms. The zero-order valence-electron chi connectivity index (χ0n) is 19.0. The molecule has 1 N–H and O–H groups in total. The second-order valence-corrected chi connectivity index (χ2v) is 9.31. The van der Waals surface area contributed by atoms with Gasteiger partial charge < -0.3 is 19.5 Å². The van der Waals surface area contributed by atoms with E-state index < -0.39 is 0 Å². The molecule has 34 heavy (non-hydrogen) atoms. The molecule has 4 aromatic carbocycles. The third kappa shape index (κ3) is 2.72. The molecule has 3 aliphatic heterocycles. The normalized spacial score (nSPS) is 15.9. The van der Waals surface area contributed by atoms with Gasteiger partial charge in [-0.25, -0.2) is 0 Å². The van der Waals surface area contributed by atoms with Crippen molar-refractivity contribution in [2.24, 2.45) is 0 Å². The quantitative estimate of drug-likeness (QED) is 0.271. The number of phenolic OH excluding ortho intramolecular Hbond substituents is 1. The highest BCUT2D eigenvalue weighted by Gasteiger charge is 2.44. The van der Waals surface area contributed by atoms with Gasteiger partial charge in [0.2, 0.25) is 0 Å². The molecule has 168 valence electrons. The zero-order valence-corrected chi connectivity index (χ0v) is 19.0. The van der Waals surface area contributed by atoms with Crippen LogP contribution in [0.4, 0.5) is 11.4 Å². The van der Waals surface area contributed by atoms with Crippen LogP contribution in [0.1, 0.15) is 48.8 Å². The van der Waals surface area contributed by atoms with Crippen LogP contribution < -0.4 is 14.4 Å². The Hall–Kier alpha value is -3.92. The van der Waals surface area contributed by atoms with Crippen molar-refractivity contribution in [3.8, 4) is 39.9 Å². The van der Waals surface area contributed by atoms with E-state index in [1.54, 1.807) is 12.1 Å². The van der Waals surface area contributed by atoms with Gasteiger partial charge >= 0.3 is 0 Å². The Balaban J connectivity index is 1.50. The smallest absolute Gasteiger partial charge is 0.135 e. The third-order valence-electron chi connectivity index (χ3n) is 7.26. The number of phenols is 1. The molecule has 0 saturated carbocycles. The van der Waals surface area contributed by atoms with E-state index in [-0.39, 0.29) is 11.7 Å². The number of benzene rings is 4. The minimum absolute atomic E-state index is 0.0983. The second-order valence-electron chi connectivity index (χ2n) is 9.31. The summed E-state index contributed by atoms with van der Waals surface area (Å²) < 4.78 is 13.0. The number of ether oxygens (including phenoxy) is 2. The fraction of sp³-hybridized carbons (Fsp3) is 0.200. The predicted octanol–water partition coefficient (Wildman–Crippen LogP) is 8.09. The van der Waals surface area contributed by atoms with Crippen LogP contribution in [0.2, 0.25) is 0 Å². The Morgan fingerprint density at radius 3 is 2.15 bits per heavy atom. The Morgan fingerprint density at radius 2 is 1.38 bits per heavy atom. The van der Waals surface area contributed by atoms with Gasteiger partial charge in [0.1, 0.15) is 28.7 Å². The molecule has 7 rings (SSSR count). The van der Waals surface area contributed by atoms with E-state index in [4.69, 9.17) is 9.47 Å². The first kappa shape index (κ1) is 19.5. The van der Waals surface area contributed by atoms with Crippen LogP contribution in [0, 0.1) is 0 Å². The van der Waals surface area contributed by atoms with Gasteiger partial charge in [-0.3, -0.25) is 0 Å². The maximum atomic E-state index is 9.81. The summed E-state index contributed by atoms with van der Waals surface area (Å²) in [5.41, 5.74) is 8.16. The topological polar surface area (TPSA) is 41.9 Å². The predicted molar refractivity (Wildman–Crippen MR) is 134 cm³/mol. The van der Waals surface area contributed by atoms with Gasteiger partial charge in [0.25, 0.3) is 0 Å². The van der Waals surface area contributed by atoms with Gasteiger partial charge in [-0.05, 0) is 66.1 Å². The number of unbranched alkanes of at least 4 members (excludes halogenated alkanes) is 2. The van der Waals surface area contributed by atoms with E-state index in [1.807, 2.05) is 30.3 Å². The number of hydrogen-bond donors (Lipinski definition) is 1. The molecule has 0 amide bonds. The number of rotatable bonds is 5. The Kier molecular flexibility index (Phi) is 4.19. The molecule has 0 aliphatic carbocycles. The summed E-state index contributed by atoms with van der Waals surface area (Å²) in [6.07, 6.45) is 3.49. The molecule has 4 aromatic rings. The average molecular weight is 448 g/mol. The van der Waals surface area contributed by atoms with Crippen LogP contribution in [-0.4, -0.2) is 11.7 Å². The highest BCUT2D eigenvalue weighted by atomic mass is 16.5. The lowest BCUT2D eigenvalue weighted by atomic mass is 9.75. The van der Waals surface area contributed by atoms with Crippen molar-refractivity contribution in [3.05, 3.63) is 89.5 Å². The molecule has 0 fully saturated rings. The van der Waals surface area contributed by atoms with Crippen LogP contribution in [0.15, 0.2) is 72.8 Å². The van der Waals surface area contributed by atoms with Gasteiger partial charge in [0, 0.05) is 34.6 Å². The highest BCUT2D eigenvalue weighted by Crippen LogP contribution is 2.63. The van der Waals surface area contributed by atoms with Gasteiger partial charge in [0.05, 0.1) is 5.92 Å². The second kappa shape index (κ2) is 7.29. The molecule has 0 spiro atoms. The van der Waals surface area contributed by atoms with Crippen molar-refractivity contribution in [2.45, 2.75) is 32.1 Å². The van der Waals surface area contributed by atoms with Crippen molar-refractivity contribution in [2.75, 3.05) is 11.4 Å². The summed E-state index contributed by atoms with van der Waals surface area (Å²) >= 11 is 0. The molecule has 0 saturated heterocycles. The number of anilines is 2. The first-order valence-corrected chi connectivity index (χ1v) is 12.1. The first-order valence-electron chi connectivity index (χ1n) is 12.1. The minimum Gasteiger partial charge on any atom is -0.508 e. The summed E-state index contributed by atoms with van der Waals surface area (Å²) in [5.74, 6) is 3.95. The number of nitrogens with zero attached hydrogens (tertiary/aromatic N) is 1.